The minimum Gasteiger partial charge on any atom is -0.496 e. The summed E-state index contributed by atoms with van der Waals surface area (Å²) in [5.74, 6) is 0.180. The van der Waals surface area contributed by atoms with Gasteiger partial charge < -0.3 is 10.1 Å². The smallest absolute Gasteiger partial charge is 0.264 e. The molecule has 24 heavy (non-hydrogen) atoms. The van der Waals surface area contributed by atoms with Crippen molar-refractivity contribution in [3.63, 3.8) is 0 Å². The van der Waals surface area contributed by atoms with E-state index in [-0.39, 0.29) is 11.7 Å². The van der Waals surface area contributed by atoms with Crippen LogP contribution in [-0.2, 0) is 4.79 Å². The molecule has 1 saturated heterocycles. The molecule has 2 aromatic carbocycles. The molecule has 1 aliphatic heterocycles. The number of aliphatic imine (C=N–C) groups is 1. The minimum atomic E-state index is -0.326. The van der Waals surface area contributed by atoms with Crippen LogP contribution in [-0.4, -0.2) is 18.2 Å². The average molecular weight is 407 g/mol. The zero-order chi connectivity index (χ0) is 17.1. The summed E-state index contributed by atoms with van der Waals surface area (Å²) in [6.45, 7) is 0. The van der Waals surface area contributed by atoms with Crippen molar-refractivity contribution in [1.29, 1.82) is 0 Å². The summed E-state index contributed by atoms with van der Waals surface area (Å²) in [5, 5.41) is 3.16. The molecular weight excluding hydrogens is 395 g/mol. The van der Waals surface area contributed by atoms with Crippen LogP contribution in [0, 0.1) is 5.82 Å². The van der Waals surface area contributed by atoms with Gasteiger partial charge in [0, 0.05) is 0 Å². The Morgan fingerprint density at radius 2 is 2.00 bits per heavy atom. The number of hydrogen-bond donors (Lipinski definition) is 1. The molecule has 0 saturated carbocycles. The molecule has 0 radical (unpaired) electrons. The van der Waals surface area contributed by atoms with Crippen molar-refractivity contribution in [2.45, 2.75) is 0 Å². The van der Waals surface area contributed by atoms with E-state index in [4.69, 9.17) is 4.74 Å². The maximum absolute atomic E-state index is 12.9. The van der Waals surface area contributed by atoms with Crippen molar-refractivity contribution in [1.82, 2.24) is 5.32 Å². The highest BCUT2D eigenvalue weighted by Crippen LogP contribution is 2.31. The Labute approximate surface area is 150 Å². The van der Waals surface area contributed by atoms with E-state index in [1.165, 1.54) is 23.9 Å². The van der Waals surface area contributed by atoms with E-state index in [0.29, 0.717) is 15.8 Å². The molecule has 3 rings (SSSR count). The number of carbonyl (C=O) groups excluding carboxylic acids is 1. The molecule has 0 atom stereocenters. The van der Waals surface area contributed by atoms with Crippen molar-refractivity contribution in [3.8, 4) is 5.75 Å². The Hall–Kier alpha value is -2.12. The van der Waals surface area contributed by atoms with E-state index in [1.54, 1.807) is 25.3 Å². The molecule has 7 heteroatoms. The lowest BCUT2D eigenvalue weighted by Gasteiger charge is -2.03. The number of amides is 1. The molecule has 1 fully saturated rings. The van der Waals surface area contributed by atoms with Crippen LogP contribution < -0.4 is 10.1 Å². The van der Waals surface area contributed by atoms with Crippen LogP contribution in [0.4, 0.5) is 10.1 Å². The first-order valence-electron chi connectivity index (χ1n) is 6.94. The number of hydrogen-bond acceptors (Lipinski definition) is 4. The largest absolute Gasteiger partial charge is 0.496 e. The van der Waals surface area contributed by atoms with Crippen molar-refractivity contribution in [2.24, 2.45) is 4.99 Å². The summed E-state index contributed by atoms with van der Waals surface area (Å²) in [7, 11) is 1.59. The van der Waals surface area contributed by atoms with Crippen molar-refractivity contribution in [3.05, 3.63) is 63.2 Å². The molecular formula is C17H12BrFN2O2S. The summed E-state index contributed by atoms with van der Waals surface area (Å²) in [5.41, 5.74) is 1.44. The van der Waals surface area contributed by atoms with Crippen LogP contribution >= 0.6 is 27.7 Å². The van der Waals surface area contributed by atoms with Gasteiger partial charge in [-0.3, -0.25) is 4.79 Å². The summed E-state index contributed by atoms with van der Waals surface area (Å²) >= 11 is 4.66. The first-order valence-corrected chi connectivity index (χ1v) is 8.55. The lowest BCUT2D eigenvalue weighted by atomic mass is 10.2. The first kappa shape index (κ1) is 16.7. The van der Waals surface area contributed by atoms with E-state index in [9.17, 15) is 9.18 Å². The second-order valence-corrected chi connectivity index (χ2v) is 6.74. The van der Waals surface area contributed by atoms with Gasteiger partial charge in [0.15, 0.2) is 5.17 Å². The molecule has 4 nitrogen and oxygen atoms in total. The van der Waals surface area contributed by atoms with Crippen LogP contribution in [0.25, 0.3) is 6.08 Å². The molecule has 2 aromatic rings. The van der Waals surface area contributed by atoms with Gasteiger partial charge in [0.05, 0.1) is 22.2 Å². The number of benzene rings is 2. The topological polar surface area (TPSA) is 50.7 Å². The third-order valence-corrected chi connectivity index (χ3v) is 4.71. The quantitative estimate of drug-likeness (QED) is 0.763. The lowest BCUT2D eigenvalue weighted by Crippen LogP contribution is -2.19. The van der Waals surface area contributed by atoms with Gasteiger partial charge in [-0.2, -0.15) is 0 Å². The van der Waals surface area contributed by atoms with Crippen LogP contribution in [0.2, 0.25) is 0 Å². The normalized spacial score (nSPS) is 17.4. The number of nitrogens with one attached hydrogen (secondary N) is 1. The first-order chi connectivity index (χ1) is 11.5. The predicted molar refractivity (Wildman–Crippen MR) is 97.9 cm³/mol. The highest BCUT2D eigenvalue weighted by atomic mass is 79.9. The average Bonchev–Trinajstić information content (AvgIpc) is 2.89. The zero-order valence-electron chi connectivity index (χ0n) is 12.5. The fourth-order valence-electron chi connectivity index (χ4n) is 2.04. The molecule has 0 aromatic heterocycles. The Balaban J connectivity index is 1.81. The van der Waals surface area contributed by atoms with Gasteiger partial charge in [-0.1, -0.05) is 6.07 Å². The summed E-state index contributed by atoms with van der Waals surface area (Å²) in [6.07, 6.45) is 1.78. The van der Waals surface area contributed by atoms with Crippen molar-refractivity contribution in [2.75, 3.05) is 7.11 Å². The van der Waals surface area contributed by atoms with Crippen LogP contribution in [0.15, 0.2) is 56.8 Å². The molecule has 0 unspecified atom stereocenters. The van der Waals surface area contributed by atoms with E-state index in [0.717, 1.165) is 15.8 Å². The number of methoxy groups -OCH3 is 1. The van der Waals surface area contributed by atoms with Crippen LogP contribution in [0.5, 0.6) is 5.75 Å². The van der Waals surface area contributed by atoms with Crippen LogP contribution in [0.1, 0.15) is 5.56 Å². The van der Waals surface area contributed by atoms with Gasteiger partial charge >= 0.3 is 0 Å². The summed E-state index contributed by atoms with van der Waals surface area (Å²) in [4.78, 5) is 16.9. The van der Waals surface area contributed by atoms with E-state index in [1.807, 2.05) is 18.2 Å². The van der Waals surface area contributed by atoms with E-state index in [2.05, 4.69) is 26.2 Å². The van der Waals surface area contributed by atoms with E-state index >= 15 is 0 Å². The predicted octanol–water partition coefficient (Wildman–Crippen LogP) is 4.49. The fourth-order valence-corrected chi connectivity index (χ4v) is 3.44. The molecule has 122 valence electrons. The second kappa shape index (κ2) is 7.19. The Morgan fingerprint density at radius 1 is 1.25 bits per heavy atom. The fraction of sp³-hybridized carbons (Fsp3) is 0.0588. The Bertz CT molecular complexity index is 850. The van der Waals surface area contributed by atoms with Gasteiger partial charge in [0.25, 0.3) is 5.91 Å². The Kier molecular flexibility index (Phi) is 5.01. The van der Waals surface area contributed by atoms with Crippen LogP contribution in [0.3, 0.4) is 0 Å². The number of amidine groups is 1. The third kappa shape index (κ3) is 3.85. The summed E-state index contributed by atoms with van der Waals surface area (Å²) < 4.78 is 18.9. The molecule has 1 N–H and O–H groups in total. The van der Waals surface area contributed by atoms with E-state index < -0.39 is 0 Å². The van der Waals surface area contributed by atoms with Gasteiger partial charge in [0.2, 0.25) is 0 Å². The second-order valence-electron chi connectivity index (χ2n) is 4.85. The lowest BCUT2D eigenvalue weighted by molar-refractivity contribution is -0.115. The monoisotopic (exact) mass is 406 g/mol. The van der Waals surface area contributed by atoms with Crippen molar-refractivity contribution < 1.29 is 13.9 Å². The van der Waals surface area contributed by atoms with Crippen molar-refractivity contribution >= 4 is 50.5 Å². The molecule has 1 heterocycles. The highest BCUT2D eigenvalue weighted by molar-refractivity contribution is 9.10. The maximum Gasteiger partial charge on any atom is 0.264 e. The molecule has 0 aliphatic carbocycles. The SMILES string of the molecule is COc1ccc(/C=C2/SC(=Nc3ccc(F)cc3)NC2=O)cc1Br. The Morgan fingerprint density at radius 3 is 2.67 bits per heavy atom. The number of ether oxygens (including phenoxy) is 1. The summed E-state index contributed by atoms with van der Waals surface area (Å²) in [6, 6.07) is 11.3. The number of rotatable bonds is 3. The number of thioether (sulfide) groups is 1. The minimum absolute atomic E-state index is 0.215. The molecule has 0 spiro atoms. The zero-order valence-corrected chi connectivity index (χ0v) is 14.9. The highest BCUT2D eigenvalue weighted by Gasteiger charge is 2.23. The molecule has 0 bridgehead atoms. The molecule has 1 amide bonds. The maximum atomic E-state index is 12.9. The van der Waals surface area contributed by atoms with Gasteiger partial charge in [-0.05, 0) is 75.7 Å². The van der Waals surface area contributed by atoms with Gasteiger partial charge in [-0.15, -0.1) is 0 Å². The van der Waals surface area contributed by atoms with Gasteiger partial charge in [0.1, 0.15) is 11.6 Å². The number of carbonyl (C=O) groups is 1. The number of nitrogens with zero attached hydrogens (tertiary/aromatic N) is 1. The standard InChI is InChI=1S/C17H12BrFN2O2S/c1-23-14-7-2-10(8-13(14)18)9-15-16(22)21-17(24-15)20-12-5-3-11(19)4-6-12/h2-9H,1H3,(H,20,21,22)/b15-9+. The molecule has 1 aliphatic rings. The third-order valence-electron chi connectivity index (χ3n) is 3.18. The number of halogens is 2. The van der Waals surface area contributed by atoms with Gasteiger partial charge in [-0.25, -0.2) is 9.38 Å².